The van der Waals surface area contributed by atoms with E-state index in [9.17, 15) is 13.5 Å². The molecule has 1 fully saturated rings. The van der Waals surface area contributed by atoms with Gasteiger partial charge in [-0.05, 0) is 24.7 Å². The summed E-state index contributed by atoms with van der Waals surface area (Å²) in [5, 5.41) is 9.78. The maximum absolute atomic E-state index is 11.4. The highest BCUT2D eigenvalue weighted by Crippen LogP contribution is 2.19. The predicted octanol–water partition coefficient (Wildman–Crippen LogP) is -0.141. The van der Waals surface area contributed by atoms with Crippen LogP contribution in [0.15, 0.2) is 24.3 Å². The number of anilines is 1. The van der Waals surface area contributed by atoms with E-state index in [0.29, 0.717) is 12.2 Å². The van der Waals surface area contributed by atoms with Gasteiger partial charge in [-0.1, -0.05) is 12.1 Å². The Morgan fingerprint density at radius 1 is 1.33 bits per heavy atom. The molecule has 5 nitrogen and oxygen atoms in total. The summed E-state index contributed by atoms with van der Waals surface area (Å²) in [5.41, 5.74) is 7.35. The monoisotopic (exact) mass is 270 g/mol. The lowest BCUT2D eigenvalue weighted by Crippen LogP contribution is -2.40. The Morgan fingerprint density at radius 3 is 2.44 bits per heavy atom. The molecule has 1 aromatic carbocycles. The zero-order valence-corrected chi connectivity index (χ0v) is 11.1. The van der Waals surface area contributed by atoms with E-state index in [2.05, 4.69) is 0 Å². The van der Waals surface area contributed by atoms with Crippen LogP contribution in [0.1, 0.15) is 5.56 Å². The molecular weight excluding hydrogens is 252 g/mol. The number of hydrogen-bond donors (Lipinski definition) is 2. The van der Waals surface area contributed by atoms with Crippen molar-refractivity contribution in [3.8, 4) is 0 Å². The normalized spacial score (nSPS) is 26.6. The maximum Gasteiger partial charge on any atom is 0.154 e. The second-order valence-corrected chi connectivity index (χ2v) is 7.02. The molecule has 0 bridgehead atoms. The fourth-order valence-electron chi connectivity index (χ4n) is 2.26. The van der Waals surface area contributed by atoms with Crippen molar-refractivity contribution < 1.29 is 13.5 Å². The van der Waals surface area contributed by atoms with Crippen LogP contribution in [0.25, 0.3) is 0 Å². The highest BCUT2D eigenvalue weighted by Gasteiger charge is 2.38. The van der Waals surface area contributed by atoms with E-state index in [1.54, 1.807) is 0 Å². The van der Waals surface area contributed by atoms with Gasteiger partial charge in [0.05, 0.1) is 23.7 Å². The smallest absolute Gasteiger partial charge is 0.154 e. The Hall–Kier alpha value is -1.11. The third kappa shape index (κ3) is 3.01. The summed E-state index contributed by atoms with van der Waals surface area (Å²) >= 11 is 0. The van der Waals surface area contributed by atoms with Gasteiger partial charge in [0.15, 0.2) is 9.84 Å². The lowest BCUT2D eigenvalue weighted by molar-refractivity contribution is 0.0958. The van der Waals surface area contributed by atoms with Gasteiger partial charge in [0.2, 0.25) is 0 Å². The van der Waals surface area contributed by atoms with Crippen molar-refractivity contribution in [2.24, 2.45) is 0 Å². The SMILES string of the molecule is CN(Cc1ccc(N)cc1)[C@@H]1CS(=O)(=O)C[C@@H]1O. The summed E-state index contributed by atoms with van der Waals surface area (Å²) in [6, 6.07) is 7.10. The molecule has 0 aromatic heterocycles. The number of aliphatic hydroxyl groups excluding tert-OH is 1. The topological polar surface area (TPSA) is 83.6 Å². The molecule has 1 heterocycles. The minimum absolute atomic E-state index is 0.0274. The van der Waals surface area contributed by atoms with Crippen molar-refractivity contribution in [1.82, 2.24) is 4.90 Å². The number of rotatable bonds is 3. The van der Waals surface area contributed by atoms with Gasteiger partial charge in [0, 0.05) is 12.2 Å². The summed E-state index contributed by atoms with van der Waals surface area (Å²) in [6.07, 6.45) is -0.797. The van der Waals surface area contributed by atoms with E-state index in [4.69, 9.17) is 5.73 Å². The molecule has 0 aliphatic carbocycles. The molecule has 3 N–H and O–H groups in total. The number of likely N-dealkylation sites (N-methyl/N-ethyl adjacent to an activating group) is 1. The van der Waals surface area contributed by atoms with Gasteiger partial charge in [-0.2, -0.15) is 0 Å². The zero-order chi connectivity index (χ0) is 13.3. The van der Waals surface area contributed by atoms with Crippen LogP contribution in [0.2, 0.25) is 0 Å². The van der Waals surface area contributed by atoms with Gasteiger partial charge in [-0.3, -0.25) is 4.90 Å². The Morgan fingerprint density at radius 2 is 1.94 bits per heavy atom. The Labute approximate surface area is 107 Å². The number of sulfone groups is 1. The second-order valence-electron chi connectivity index (χ2n) is 4.87. The maximum atomic E-state index is 11.4. The predicted molar refractivity (Wildman–Crippen MR) is 70.8 cm³/mol. The highest BCUT2D eigenvalue weighted by molar-refractivity contribution is 7.91. The Kier molecular flexibility index (Phi) is 3.61. The van der Waals surface area contributed by atoms with Gasteiger partial charge >= 0.3 is 0 Å². The number of benzene rings is 1. The van der Waals surface area contributed by atoms with E-state index in [1.165, 1.54) is 0 Å². The fraction of sp³-hybridized carbons (Fsp3) is 0.500. The largest absolute Gasteiger partial charge is 0.399 e. The molecule has 100 valence electrons. The van der Waals surface area contributed by atoms with Crippen molar-refractivity contribution >= 4 is 15.5 Å². The van der Waals surface area contributed by atoms with Crippen molar-refractivity contribution in [1.29, 1.82) is 0 Å². The first-order valence-corrected chi connectivity index (χ1v) is 7.63. The van der Waals surface area contributed by atoms with Crippen LogP contribution in [-0.2, 0) is 16.4 Å². The summed E-state index contributed by atoms with van der Waals surface area (Å²) in [5.74, 6) is -0.108. The number of nitrogens with zero attached hydrogens (tertiary/aromatic N) is 1. The van der Waals surface area contributed by atoms with Crippen LogP contribution in [-0.4, -0.2) is 49.1 Å². The summed E-state index contributed by atoms with van der Waals surface area (Å²) in [7, 11) is -1.28. The molecule has 1 aromatic rings. The first-order chi connectivity index (χ1) is 8.37. The third-order valence-electron chi connectivity index (χ3n) is 3.27. The standard InChI is InChI=1S/C12H18N2O3S/c1-14(6-9-2-4-10(13)5-3-9)11-7-18(16,17)8-12(11)15/h2-5,11-12,15H,6-8,13H2,1H3/t11-,12+/m1/s1. The molecule has 1 aliphatic rings. The third-order valence-corrected chi connectivity index (χ3v) is 4.97. The van der Waals surface area contributed by atoms with Gasteiger partial charge in [0.1, 0.15) is 0 Å². The first kappa shape index (κ1) is 13.3. The van der Waals surface area contributed by atoms with E-state index in [1.807, 2.05) is 36.2 Å². The number of nitrogen functional groups attached to an aromatic ring is 1. The average molecular weight is 270 g/mol. The highest BCUT2D eigenvalue weighted by atomic mass is 32.2. The fourth-order valence-corrected chi connectivity index (χ4v) is 4.14. The van der Waals surface area contributed by atoms with Crippen molar-refractivity contribution in [3.63, 3.8) is 0 Å². The molecule has 6 heteroatoms. The molecular formula is C12H18N2O3S. The average Bonchev–Trinajstić information content (AvgIpc) is 2.55. The Balaban J connectivity index is 2.04. The first-order valence-electron chi connectivity index (χ1n) is 5.80. The molecule has 0 saturated carbocycles. The van der Waals surface area contributed by atoms with Gasteiger partial charge in [0.25, 0.3) is 0 Å². The van der Waals surface area contributed by atoms with E-state index >= 15 is 0 Å². The number of aliphatic hydroxyl groups is 1. The number of hydrogen-bond acceptors (Lipinski definition) is 5. The van der Waals surface area contributed by atoms with Gasteiger partial charge in [-0.15, -0.1) is 0 Å². The van der Waals surface area contributed by atoms with E-state index in [0.717, 1.165) is 5.56 Å². The number of nitrogens with two attached hydrogens (primary N) is 1. The van der Waals surface area contributed by atoms with Crippen LogP contribution in [0.5, 0.6) is 0 Å². The van der Waals surface area contributed by atoms with E-state index < -0.39 is 15.9 Å². The quantitative estimate of drug-likeness (QED) is 0.747. The summed E-state index contributed by atoms with van der Waals surface area (Å²) in [4.78, 5) is 1.88. The van der Waals surface area contributed by atoms with Crippen molar-refractivity contribution in [2.45, 2.75) is 18.7 Å². The Bertz CT molecular complexity index is 513. The lowest BCUT2D eigenvalue weighted by atomic mass is 10.1. The molecule has 1 saturated heterocycles. The molecule has 0 unspecified atom stereocenters. The van der Waals surface area contributed by atoms with Gasteiger partial charge < -0.3 is 10.8 Å². The molecule has 2 atom stereocenters. The van der Waals surface area contributed by atoms with Crippen molar-refractivity contribution in [3.05, 3.63) is 29.8 Å². The minimum Gasteiger partial charge on any atom is -0.399 e. The van der Waals surface area contributed by atoms with Crippen molar-refractivity contribution in [2.75, 3.05) is 24.3 Å². The molecule has 0 amide bonds. The van der Waals surface area contributed by atoms with Crippen LogP contribution < -0.4 is 5.73 Å². The molecule has 1 aliphatic heterocycles. The molecule has 18 heavy (non-hydrogen) atoms. The zero-order valence-electron chi connectivity index (χ0n) is 10.3. The van der Waals surface area contributed by atoms with Gasteiger partial charge in [-0.25, -0.2) is 8.42 Å². The minimum atomic E-state index is -3.10. The summed E-state index contributed by atoms with van der Waals surface area (Å²) < 4.78 is 22.9. The van der Waals surface area contributed by atoms with Crippen LogP contribution in [0.4, 0.5) is 5.69 Å². The summed E-state index contributed by atoms with van der Waals surface area (Å²) in [6.45, 7) is 0.595. The lowest BCUT2D eigenvalue weighted by Gasteiger charge is -2.25. The van der Waals surface area contributed by atoms with Crippen LogP contribution >= 0.6 is 0 Å². The van der Waals surface area contributed by atoms with Crippen LogP contribution in [0, 0.1) is 0 Å². The second kappa shape index (κ2) is 4.87. The molecule has 2 rings (SSSR count). The van der Waals surface area contributed by atoms with Crippen LogP contribution in [0.3, 0.4) is 0 Å². The van der Waals surface area contributed by atoms with E-state index in [-0.39, 0.29) is 17.5 Å². The molecule has 0 radical (unpaired) electrons. The molecule has 0 spiro atoms.